The number of H-pyrrole nitrogens is 1. The summed E-state index contributed by atoms with van der Waals surface area (Å²) in [7, 11) is 1.89. The summed E-state index contributed by atoms with van der Waals surface area (Å²) >= 11 is 0. The van der Waals surface area contributed by atoms with E-state index in [1.807, 2.05) is 62.9 Å². The van der Waals surface area contributed by atoms with E-state index in [1.54, 1.807) is 9.58 Å². The number of carbonyl (C=O) groups excluding carboxylic acids is 1. The Morgan fingerprint density at radius 3 is 2.87 bits per heavy atom. The molecule has 0 saturated carbocycles. The van der Waals surface area contributed by atoms with Gasteiger partial charge in [-0.1, -0.05) is 17.7 Å². The molecule has 8 heteroatoms. The number of pyridine rings is 1. The summed E-state index contributed by atoms with van der Waals surface area (Å²) in [6.45, 7) is 3.44. The van der Waals surface area contributed by atoms with Crippen LogP contribution >= 0.6 is 0 Å². The highest BCUT2D eigenvalue weighted by molar-refractivity contribution is 6.04. The predicted molar refractivity (Wildman–Crippen MR) is 112 cm³/mol. The van der Waals surface area contributed by atoms with Gasteiger partial charge in [0.2, 0.25) is 0 Å². The SMILES string of the molecule is Cc1ccc2[nH]nc(C(=O)N3CCO[C@H](c4ccc(-c5cnn(C)c5)cn4)C3)c2c1. The number of nitrogens with one attached hydrogen (secondary N) is 1. The van der Waals surface area contributed by atoms with E-state index in [0.717, 1.165) is 33.3 Å². The molecular weight excluding hydrogens is 380 g/mol. The van der Waals surface area contributed by atoms with Gasteiger partial charge in [-0.25, -0.2) is 0 Å². The molecule has 152 valence electrons. The highest BCUT2D eigenvalue weighted by Crippen LogP contribution is 2.26. The van der Waals surface area contributed by atoms with Gasteiger partial charge in [0.25, 0.3) is 5.91 Å². The van der Waals surface area contributed by atoms with Gasteiger partial charge in [0, 0.05) is 42.5 Å². The van der Waals surface area contributed by atoms with E-state index in [4.69, 9.17) is 4.74 Å². The van der Waals surface area contributed by atoms with Crippen molar-refractivity contribution in [2.45, 2.75) is 13.0 Å². The lowest BCUT2D eigenvalue weighted by Gasteiger charge is -2.32. The number of nitrogens with zero attached hydrogens (tertiary/aromatic N) is 5. The van der Waals surface area contributed by atoms with Crippen molar-refractivity contribution in [1.29, 1.82) is 0 Å². The molecule has 1 aliphatic heterocycles. The Kier molecular flexibility index (Phi) is 4.55. The van der Waals surface area contributed by atoms with Gasteiger partial charge >= 0.3 is 0 Å². The zero-order valence-corrected chi connectivity index (χ0v) is 16.9. The van der Waals surface area contributed by atoms with Crippen LogP contribution in [0.5, 0.6) is 0 Å². The Balaban J connectivity index is 1.35. The number of hydrogen-bond donors (Lipinski definition) is 1. The minimum absolute atomic E-state index is 0.0906. The van der Waals surface area contributed by atoms with Gasteiger partial charge in [-0.2, -0.15) is 10.2 Å². The fourth-order valence-electron chi connectivity index (χ4n) is 3.79. The molecule has 1 amide bonds. The Labute approximate surface area is 173 Å². The van der Waals surface area contributed by atoms with E-state index in [9.17, 15) is 4.79 Å². The number of ether oxygens (including phenoxy) is 1. The second-order valence-electron chi connectivity index (χ2n) is 7.61. The van der Waals surface area contributed by atoms with E-state index < -0.39 is 0 Å². The monoisotopic (exact) mass is 402 g/mol. The molecule has 8 nitrogen and oxygen atoms in total. The van der Waals surface area contributed by atoms with Crippen molar-refractivity contribution < 1.29 is 9.53 Å². The second-order valence-corrected chi connectivity index (χ2v) is 7.61. The molecule has 30 heavy (non-hydrogen) atoms. The average Bonchev–Trinajstić information content (AvgIpc) is 3.39. The zero-order chi connectivity index (χ0) is 20.7. The van der Waals surface area contributed by atoms with E-state index >= 15 is 0 Å². The number of carbonyl (C=O) groups is 1. The van der Waals surface area contributed by atoms with Gasteiger partial charge in [0.05, 0.1) is 30.6 Å². The summed E-state index contributed by atoms with van der Waals surface area (Å²) < 4.78 is 7.68. The van der Waals surface area contributed by atoms with Gasteiger partial charge in [0.1, 0.15) is 6.10 Å². The molecule has 1 saturated heterocycles. The van der Waals surface area contributed by atoms with Crippen LogP contribution < -0.4 is 0 Å². The average molecular weight is 402 g/mol. The third-order valence-corrected chi connectivity index (χ3v) is 5.43. The molecule has 0 unspecified atom stereocenters. The molecule has 1 fully saturated rings. The second kappa shape index (κ2) is 7.38. The predicted octanol–water partition coefficient (Wildman–Crippen LogP) is 2.88. The Morgan fingerprint density at radius 1 is 1.20 bits per heavy atom. The van der Waals surface area contributed by atoms with Crippen molar-refractivity contribution >= 4 is 16.8 Å². The third kappa shape index (κ3) is 3.35. The summed E-state index contributed by atoms with van der Waals surface area (Å²) in [6.07, 6.45) is 5.31. The molecule has 5 rings (SSSR count). The fraction of sp³-hybridized carbons (Fsp3) is 0.273. The summed E-state index contributed by atoms with van der Waals surface area (Å²) in [5.41, 5.74) is 5.22. The van der Waals surface area contributed by atoms with Gasteiger partial charge in [-0.05, 0) is 25.1 Å². The molecule has 3 aromatic heterocycles. The first-order valence-electron chi connectivity index (χ1n) is 9.89. The summed E-state index contributed by atoms with van der Waals surface area (Å²) in [5.74, 6) is -0.0906. The minimum atomic E-state index is -0.266. The van der Waals surface area contributed by atoms with Crippen LogP contribution in [0.15, 0.2) is 48.9 Å². The van der Waals surface area contributed by atoms with Crippen LogP contribution in [0.25, 0.3) is 22.0 Å². The minimum Gasteiger partial charge on any atom is -0.368 e. The Morgan fingerprint density at radius 2 is 2.10 bits per heavy atom. The van der Waals surface area contributed by atoms with Crippen LogP contribution in [0.4, 0.5) is 0 Å². The molecule has 1 aromatic carbocycles. The lowest BCUT2D eigenvalue weighted by atomic mass is 10.1. The van der Waals surface area contributed by atoms with Crippen molar-refractivity contribution in [3.05, 3.63) is 65.9 Å². The van der Waals surface area contributed by atoms with E-state index in [1.165, 1.54) is 0 Å². The number of hydrogen-bond acceptors (Lipinski definition) is 5. The smallest absolute Gasteiger partial charge is 0.275 e. The number of aryl methyl sites for hydroxylation is 2. The highest BCUT2D eigenvalue weighted by Gasteiger charge is 2.29. The summed E-state index contributed by atoms with van der Waals surface area (Å²) in [4.78, 5) is 19.5. The molecule has 0 spiro atoms. The fourth-order valence-corrected chi connectivity index (χ4v) is 3.79. The lowest BCUT2D eigenvalue weighted by molar-refractivity contribution is -0.0248. The van der Waals surface area contributed by atoms with Crippen LogP contribution in [-0.4, -0.2) is 55.5 Å². The van der Waals surface area contributed by atoms with E-state index in [-0.39, 0.29) is 12.0 Å². The molecule has 1 atom stereocenters. The van der Waals surface area contributed by atoms with Gasteiger partial charge in [-0.15, -0.1) is 0 Å². The Bertz CT molecular complexity index is 1210. The van der Waals surface area contributed by atoms with Crippen molar-refractivity contribution in [3.63, 3.8) is 0 Å². The van der Waals surface area contributed by atoms with Gasteiger partial charge in [0.15, 0.2) is 5.69 Å². The molecular formula is C22H22N6O2. The first kappa shape index (κ1) is 18.5. The van der Waals surface area contributed by atoms with E-state index in [2.05, 4.69) is 20.3 Å². The Hall–Kier alpha value is -3.52. The molecule has 0 bridgehead atoms. The molecule has 1 N–H and O–H groups in total. The maximum atomic E-state index is 13.2. The van der Waals surface area contributed by atoms with E-state index in [0.29, 0.717) is 25.4 Å². The largest absolute Gasteiger partial charge is 0.368 e. The zero-order valence-electron chi connectivity index (χ0n) is 16.9. The molecule has 4 aromatic rings. The highest BCUT2D eigenvalue weighted by atomic mass is 16.5. The van der Waals surface area contributed by atoms with Crippen molar-refractivity contribution in [2.24, 2.45) is 7.05 Å². The summed E-state index contributed by atoms with van der Waals surface area (Å²) in [6, 6.07) is 9.90. The first-order valence-corrected chi connectivity index (χ1v) is 9.89. The molecule has 0 aliphatic carbocycles. The van der Waals surface area contributed by atoms with Crippen LogP contribution in [0.2, 0.25) is 0 Å². The van der Waals surface area contributed by atoms with Crippen molar-refractivity contribution in [1.82, 2.24) is 29.9 Å². The quantitative estimate of drug-likeness (QED) is 0.569. The standard InChI is InChI=1S/C22H22N6O2/c1-14-3-5-18-17(9-14)21(26-25-18)22(29)28-7-8-30-20(13-28)19-6-4-15(10-23-19)16-11-24-27(2)12-16/h3-6,9-12,20H,7-8,13H2,1-2H3,(H,25,26)/t20-/m0/s1. The molecule has 0 radical (unpaired) electrons. The number of fused-ring (bicyclic) bond motifs is 1. The van der Waals surface area contributed by atoms with Crippen molar-refractivity contribution in [3.8, 4) is 11.1 Å². The number of rotatable bonds is 3. The van der Waals surface area contributed by atoms with Crippen LogP contribution in [-0.2, 0) is 11.8 Å². The number of benzene rings is 1. The maximum Gasteiger partial charge on any atom is 0.275 e. The number of morpholine rings is 1. The normalized spacial score (nSPS) is 16.9. The van der Waals surface area contributed by atoms with Crippen molar-refractivity contribution in [2.75, 3.05) is 19.7 Å². The van der Waals surface area contributed by atoms with Crippen LogP contribution in [0.1, 0.15) is 27.8 Å². The van der Waals surface area contributed by atoms with Gasteiger partial charge < -0.3 is 9.64 Å². The molecule has 4 heterocycles. The first-order chi connectivity index (χ1) is 14.6. The topological polar surface area (TPSA) is 88.9 Å². The number of aromatic amines is 1. The number of aromatic nitrogens is 5. The third-order valence-electron chi connectivity index (χ3n) is 5.43. The summed E-state index contributed by atoms with van der Waals surface area (Å²) in [5, 5.41) is 12.3. The lowest BCUT2D eigenvalue weighted by Crippen LogP contribution is -2.42. The van der Waals surface area contributed by atoms with Gasteiger partial charge in [-0.3, -0.25) is 19.6 Å². The number of amides is 1. The van der Waals surface area contributed by atoms with Crippen LogP contribution in [0, 0.1) is 6.92 Å². The molecule has 1 aliphatic rings. The van der Waals surface area contributed by atoms with Crippen LogP contribution in [0.3, 0.4) is 0 Å². The maximum absolute atomic E-state index is 13.2.